The molecule has 2 aromatic carbocycles. The third-order valence-corrected chi connectivity index (χ3v) is 6.03. The van der Waals surface area contributed by atoms with E-state index >= 15 is 0 Å². The van der Waals surface area contributed by atoms with Gasteiger partial charge in [-0.1, -0.05) is 24.3 Å². The molecule has 3 rings (SSSR count). The first kappa shape index (κ1) is 19.0. The zero-order chi connectivity index (χ0) is 19.4. The Morgan fingerprint density at radius 3 is 2.00 bits per heavy atom. The van der Waals surface area contributed by atoms with E-state index in [1.54, 1.807) is 36.4 Å². The maximum Gasteiger partial charge on any atom is 0.251 e. The minimum Gasteiger partial charge on any atom is -0.343 e. The zero-order valence-electron chi connectivity index (χ0n) is 14.5. The highest BCUT2D eigenvalue weighted by Gasteiger charge is 2.25. The maximum atomic E-state index is 13.0. The van der Waals surface area contributed by atoms with Crippen LogP contribution in [0.2, 0.25) is 0 Å². The first-order valence-electron chi connectivity index (χ1n) is 8.46. The van der Waals surface area contributed by atoms with Crippen LogP contribution in [-0.4, -0.2) is 56.3 Å². The van der Waals surface area contributed by atoms with Crippen molar-refractivity contribution in [1.29, 1.82) is 0 Å². The molecule has 1 N–H and O–H groups in total. The summed E-state index contributed by atoms with van der Waals surface area (Å²) in [5.41, 5.74) is 2.07. The Kier molecular flexibility index (Phi) is 5.55. The number of sulfone groups is 1. The number of nitrogens with zero attached hydrogens (tertiary/aromatic N) is 1. The first-order valence-corrected chi connectivity index (χ1v) is 10.3. The fourth-order valence-electron chi connectivity index (χ4n) is 2.79. The lowest BCUT2D eigenvalue weighted by Crippen LogP contribution is -2.47. The second-order valence-electron chi connectivity index (χ2n) is 6.30. The quantitative estimate of drug-likeness (QED) is 0.857. The molecule has 2 aromatic rings. The van der Waals surface area contributed by atoms with Gasteiger partial charge in [-0.25, -0.2) is 12.8 Å². The largest absolute Gasteiger partial charge is 0.343 e. The first-order chi connectivity index (χ1) is 12.8. The molecule has 0 spiro atoms. The van der Waals surface area contributed by atoms with Crippen molar-refractivity contribution in [3.63, 3.8) is 0 Å². The number of amides is 2. The van der Waals surface area contributed by atoms with E-state index in [1.165, 1.54) is 17.0 Å². The van der Waals surface area contributed by atoms with Gasteiger partial charge in [0, 0.05) is 18.7 Å². The summed E-state index contributed by atoms with van der Waals surface area (Å²) >= 11 is 0. The predicted octanol–water partition coefficient (Wildman–Crippen LogP) is 1.48. The molecule has 27 heavy (non-hydrogen) atoms. The summed E-state index contributed by atoms with van der Waals surface area (Å²) in [6.07, 6.45) is 0. The number of halogens is 1. The molecule has 0 radical (unpaired) electrons. The molecule has 1 heterocycles. The standard InChI is InChI=1S/C19H19FN2O4S/c20-17-7-5-15(6-8-17)14-1-3-16(4-2-14)19(24)21-13-18(23)22-9-11-27(25,26)12-10-22/h1-8H,9-13H2,(H,21,24). The summed E-state index contributed by atoms with van der Waals surface area (Å²) in [6.45, 7) is 0.130. The lowest BCUT2D eigenvalue weighted by molar-refractivity contribution is -0.129. The number of benzene rings is 2. The summed E-state index contributed by atoms with van der Waals surface area (Å²) in [7, 11) is -3.05. The van der Waals surface area contributed by atoms with Crippen LogP contribution in [-0.2, 0) is 14.6 Å². The highest BCUT2D eigenvalue weighted by molar-refractivity contribution is 7.91. The molecular weight excluding hydrogens is 371 g/mol. The number of carbonyl (C=O) groups is 2. The molecule has 0 saturated carbocycles. The predicted molar refractivity (Wildman–Crippen MR) is 99.4 cm³/mol. The molecule has 0 aromatic heterocycles. The maximum absolute atomic E-state index is 13.0. The Bertz CT molecular complexity index is 927. The fourth-order valence-corrected chi connectivity index (χ4v) is 3.99. The molecule has 8 heteroatoms. The Labute approximate surface area is 156 Å². The molecule has 1 saturated heterocycles. The summed E-state index contributed by atoms with van der Waals surface area (Å²) in [6, 6.07) is 12.8. The van der Waals surface area contributed by atoms with Gasteiger partial charge in [-0.05, 0) is 35.4 Å². The smallest absolute Gasteiger partial charge is 0.251 e. The second kappa shape index (κ2) is 7.87. The van der Waals surface area contributed by atoms with Crippen LogP contribution >= 0.6 is 0 Å². The van der Waals surface area contributed by atoms with E-state index in [0.717, 1.165) is 11.1 Å². The van der Waals surface area contributed by atoms with Crippen molar-refractivity contribution in [3.05, 3.63) is 59.9 Å². The minimum atomic E-state index is -3.05. The number of hydrogen-bond acceptors (Lipinski definition) is 4. The lowest BCUT2D eigenvalue weighted by atomic mass is 10.0. The molecule has 0 bridgehead atoms. The van der Waals surface area contributed by atoms with Gasteiger partial charge in [0.15, 0.2) is 9.84 Å². The van der Waals surface area contributed by atoms with Gasteiger partial charge in [0.1, 0.15) is 5.82 Å². The third kappa shape index (κ3) is 4.91. The van der Waals surface area contributed by atoms with Gasteiger partial charge in [-0.2, -0.15) is 0 Å². The van der Waals surface area contributed by atoms with Gasteiger partial charge < -0.3 is 10.2 Å². The van der Waals surface area contributed by atoms with E-state index in [4.69, 9.17) is 0 Å². The van der Waals surface area contributed by atoms with E-state index < -0.39 is 15.7 Å². The molecule has 1 aliphatic heterocycles. The van der Waals surface area contributed by atoms with Gasteiger partial charge in [0.25, 0.3) is 5.91 Å². The van der Waals surface area contributed by atoms with Crippen LogP contribution in [0, 0.1) is 5.82 Å². The van der Waals surface area contributed by atoms with E-state index in [1.807, 2.05) is 0 Å². The Balaban J connectivity index is 1.55. The SMILES string of the molecule is O=C(NCC(=O)N1CCS(=O)(=O)CC1)c1ccc(-c2ccc(F)cc2)cc1. The molecule has 2 amide bonds. The number of nitrogens with one attached hydrogen (secondary N) is 1. The molecule has 0 unspecified atom stereocenters. The number of hydrogen-bond donors (Lipinski definition) is 1. The zero-order valence-corrected chi connectivity index (χ0v) is 15.3. The highest BCUT2D eigenvalue weighted by atomic mass is 32.2. The number of carbonyl (C=O) groups excluding carboxylic acids is 2. The summed E-state index contributed by atoms with van der Waals surface area (Å²) in [4.78, 5) is 25.7. The molecule has 0 atom stereocenters. The van der Waals surface area contributed by atoms with Gasteiger partial charge >= 0.3 is 0 Å². The topological polar surface area (TPSA) is 83.6 Å². The van der Waals surface area contributed by atoms with E-state index in [2.05, 4.69) is 5.32 Å². The average Bonchev–Trinajstić information content (AvgIpc) is 2.66. The Morgan fingerprint density at radius 1 is 0.926 bits per heavy atom. The van der Waals surface area contributed by atoms with E-state index in [-0.39, 0.29) is 42.9 Å². The van der Waals surface area contributed by atoms with Crippen molar-refractivity contribution in [2.24, 2.45) is 0 Å². The van der Waals surface area contributed by atoms with Gasteiger partial charge in [0.2, 0.25) is 5.91 Å². The van der Waals surface area contributed by atoms with Crippen molar-refractivity contribution in [3.8, 4) is 11.1 Å². The second-order valence-corrected chi connectivity index (χ2v) is 8.60. The highest BCUT2D eigenvalue weighted by Crippen LogP contribution is 2.20. The van der Waals surface area contributed by atoms with Crippen LogP contribution in [0.15, 0.2) is 48.5 Å². The van der Waals surface area contributed by atoms with Crippen molar-refractivity contribution in [1.82, 2.24) is 10.2 Å². The normalized spacial score (nSPS) is 16.0. The summed E-state index contributed by atoms with van der Waals surface area (Å²) in [5, 5.41) is 2.55. The van der Waals surface area contributed by atoms with Crippen LogP contribution < -0.4 is 5.32 Å². The van der Waals surface area contributed by atoms with Crippen LogP contribution in [0.5, 0.6) is 0 Å². The third-order valence-electron chi connectivity index (χ3n) is 4.42. The van der Waals surface area contributed by atoms with Crippen LogP contribution in [0.1, 0.15) is 10.4 Å². The van der Waals surface area contributed by atoms with Crippen molar-refractivity contribution < 1.29 is 22.4 Å². The summed E-state index contributed by atoms with van der Waals surface area (Å²) < 4.78 is 35.8. The number of rotatable bonds is 4. The Hall–Kier alpha value is -2.74. The van der Waals surface area contributed by atoms with Crippen molar-refractivity contribution >= 4 is 21.7 Å². The van der Waals surface area contributed by atoms with Gasteiger partial charge in [-0.3, -0.25) is 9.59 Å². The van der Waals surface area contributed by atoms with E-state index in [9.17, 15) is 22.4 Å². The molecule has 142 valence electrons. The van der Waals surface area contributed by atoms with Gasteiger partial charge in [0.05, 0.1) is 18.1 Å². The molecule has 1 aliphatic rings. The lowest BCUT2D eigenvalue weighted by Gasteiger charge is -2.26. The monoisotopic (exact) mass is 390 g/mol. The molecular formula is C19H19FN2O4S. The average molecular weight is 390 g/mol. The van der Waals surface area contributed by atoms with Gasteiger partial charge in [-0.15, -0.1) is 0 Å². The Morgan fingerprint density at radius 2 is 1.44 bits per heavy atom. The molecule has 0 aliphatic carbocycles. The van der Waals surface area contributed by atoms with Crippen molar-refractivity contribution in [2.75, 3.05) is 31.1 Å². The van der Waals surface area contributed by atoms with E-state index in [0.29, 0.717) is 5.56 Å². The van der Waals surface area contributed by atoms with Crippen LogP contribution in [0.25, 0.3) is 11.1 Å². The molecule has 1 fully saturated rings. The minimum absolute atomic E-state index is 0.0441. The van der Waals surface area contributed by atoms with Crippen molar-refractivity contribution in [2.45, 2.75) is 0 Å². The van der Waals surface area contributed by atoms with Crippen LogP contribution in [0.4, 0.5) is 4.39 Å². The molecule has 6 nitrogen and oxygen atoms in total. The fraction of sp³-hybridized carbons (Fsp3) is 0.263. The van der Waals surface area contributed by atoms with Crippen LogP contribution in [0.3, 0.4) is 0 Å². The summed E-state index contributed by atoms with van der Waals surface area (Å²) in [5.74, 6) is -1.10.